The first-order chi connectivity index (χ1) is 9.16. The summed E-state index contributed by atoms with van der Waals surface area (Å²) in [4.78, 5) is 12.0. The Labute approximate surface area is 122 Å². The molecule has 0 spiro atoms. The molecule has 19 heavy (non-hydrogen) atoms. The van der Waals surface area contributed by atoms with Gasteiger partial charge in [-0.2, -0.15) is 0 Å². The van der Waals surface area contributed by atoms with Crippen LogP contribution in [0.5, 0.6) is 0 Å². The van der Waals surface area contributed by atoms with Crippen LogP contribution in [0.4, 0.5) is 0 Å². The SMILES string of the molecule is O=C1CCC(c2ccc(Cl)c(Cl)c2)C2=C1C=CCC2. The molecule has 0 aromatic heterocycles. The van der Waals surface area contributed by atoms with E-state index in [0.29, 0.717) is 22.4 Å². The average Bonchev–Trinajstić information content (AvgIpc) is 2.43. The summed E-state index contributed by atoms with van der Waals surface area (Å²) in [7, 11) is 0. The summed E-state index contributed by atoms with van der Waals surface area (Å²) in [6, 6.07) is 5.81. The standard InChI is InChI=1S/C16H14Cl2O/c17-14-7-5-10(9-15(14)18)11-6-8-16(19)13-4-2-1-3-12(11)13/h2,4-5,7,9,11H,1,3,6,8H2. The number of benzene rings is 1. The summed E-state index contributed by atoms with van der Waals surface area (Å²) < 4.78 is 0. The third-order valence-corrected chi connectivity index (χ3v) is 4.68. The molecule has 1 atom stereocenters. The van der Waals surface area contributed by atoms with Gasteiger partial charge < -0.3 is 0 Å². The zero-order valence-corrected chi connectivity index (χ0v) is 12.0. The van der Waals surface area contributed by atoms with Gasteiger partial charge in [0.1, 0.15) is 0 Å². The maximum atomic E-state index is 12.0. The lowest BCUT2D eigenvalue weighted by Crippen LogP contribution is -2.19. The number of carbonyl (C=O) groups excluding carboxylic acids is 1. The van der Waals surface area contributed by atoms with Gasteiger partial charge in [-0.3, -0.25) is 4.79 Å². The summed E-state index contributed by atoms with van der Waals surface area (Å²) in [6.07, 6.45) is 7.57. The van der Waals surface area contributed by atoms with Crippen LogP contribution in [-0.4, -0.2) is 5.78 Å². The van der Waals surface area contributed by atoms with Gasteiger partial charge in [-0.25, -0.2) is 0 Å². The molecule has 0 bridgehead atoms. The molecule has 1 aromatic rings. The number of carbonyl (C=O) groups is 1. The van der Waals surface area contributed by atoms with Crippen molar-refractivity contribution in [2.24, 2.45) is 0 Å². The summed E-state index contributed by atoms with van der Waals surface area (Å²) in [6.45, 7) is 0. The largest absolute Gasteiger partial charge is 0.294 e. The summed E-state index contributed by atoms with van der Waals surface area (Å²) in [5.74, 6) is 0.592. The molecule has 0 saturated carbocycles. The van der Waals surface area contributed by atoms with Gasteiger partial charge in [-0.05, 0) is 37.0 Å². The van der Waals surface area contributed by atoms with Crippen LogP contribution in [0.2, 0.25) is 10.0 Å². The van der Waals surface area contributed by atoms with Crippen molar-refractivity contribution in [3.8, 4) is 0 Å². The molecule has 0 aliphatic heterocycles. The number of halogens is 2. The predicted octanol–water partition coefficient (Wildman–Crippen LogP) is 5.09. The molecule has 1 nitrogen and oxygen atoms in total. The highest BCUT2D eigenvalue weighted by atomic mass is 35.5. The zero-order chi connectivity index (χ0) is 13.4. The Hall–Kier alpha value is -1.05. The van der Waals surface area contributed by atoms with Gasteiger partial charge >= 0.3 is 0 Å². The highest BCUT2D eigenvalue weighted by Gasteiger charge is 2.29. The Morgan fingerprint density at radius 3 is 2.74 bits per heavy atom. The molecule has 1 unspecified atom stereocenters. The minimum absolute atomic E-state index is 0.280. The first-order valence-corrected chi connectivity index (χ1v) is 7.30. The fourth-order valence-corrected chi connectivity index (χ4v) is 3.30. The number of hydrogen-bond acceptors (Lipinski definition) is 1. The van der Waals surface area contributed by atoms with Crippen LogP contribution in [0, 0.1) is 0 Å². The summed E-state index contributed by atoms with van der Waals surface area (Å²) in [5, 5.41) is 1.17. The summed E-state index contributed by atoms with van der Waals surface area (Å²) >= 11 is 12.1. The van der Waals surface area contributed by atoms with Crippen LogP contribution in [0.15, 0.2) is 41.5 Å². The molecule has 2 aliphatic rings. The van der Waals surface area contributed by atoms with Gasteiger partial charge in [0.15, 0.2) is 5.78 Å². The Morgan fingerprint density at radius 2 is 1.95 bits per heavy atom. The normalized spacial score (nSPS) is 22.6. The highest BCUT2D eigenvalue weighted by Crippen LogP contribution is 2.41. The second-order valence-corrected chi connectivity index (χ2v) is 5.88. The number of rotatable bonds is 1. The van der Waals surface area contributed by atoms with Crippen molar-refractivity contribution >= 4 is 29.0 Å². The molecule has 0 heterocycles. The van der Waals surface area contributed by atoms with E-state index in [9.17, 15) is 4.79 Å². The van der Waals surface area contributed by atoms with Gasteiger partial charge in [0.05, 0.1) is 10.0 Å². The Morgan fingerprint density at radius 1 is 1.11 bits per heavy atom. The van der Waals surface area contributed by atoms with E-state index in [2.05, 4.69) is 6.08 Å². The summed E-state index contributed by atoms with van der Waals surface area (Å²) in [5.41, 5.74) is 3.37. The predicted molar refractivity (Wildman–Crippen MR) is 78.8 cm³/mol. The van der Waals surface area contributed by atoms with Gasteiger partial charge in [0.25, 0.3) is 0 Å². The maximum absolute atomic E-state index is 12.0. The molecule has 1 aromatic carbocycles. The van der Waals surface area contributed by atoms with Crippen molar-refractivity contribution in [3.63, 3.8) is 0 Å². The molecular weight excluding hydrogens is 279 g/mol. The van der Waals surface area contributed by atoms with Crippen LogP contribution in [-0.2, 0) is 4.79 Å². The van der Waals surface area contributed by atoms with Crippen molar-refractivity contribution in [1.29, 1.82) is 0 Å². The van der Waals surface area contributed by atoms with Gasteiger partial charge in [-0.1, -0.05) is 47.0 Å². The zero-order valence-electron chi connectivity index (χ0n) is 10.5. The number of ketones is 1. The van der Waals surface area contributed by atoms with Crippen LogP contribution in [0.3, 0.4) is 0 Å². The first kappa shape index (κ1) is 13.0. The fraction of sp³-hybridized carbons (Fsp3) is 0.312. The fourth-order valence-electron chi connectivity index (χ4n) is 3.00. The van der Waals surface area contributed by atoms with Crippen molar-refractivity contribution in [1.82, 2.24) is 0 Å². The second-order valence-electron chi connectivity index (χ2n) is 5.07. The first-order valence-electron chi connectivity index (χ1n) is 6.54. The lowest BCUT2D eigenvalue weighted by molar-refractivity contribution is -0.115. The van der Waals surface area contributed by atoms with E-state index in [0.717, 1.165) is 24.8 Å². The van der Waals surface area contributed by atoms with Crippen LogP contribution in [0.1, 0.15) is 37.2 Å². The molecule has 0 fully saturated rings. The van der Waals surface area contributed by atoms with E-state index < -0.39 is 0 Å². The average molecular weight is 293 g/mol. The number of hydrogen-bond donors (Lipinski definition) is 0. The van der Waals surface area contributed by atoms with Crippen molar-refractivity contribution < 1.29 is 4.79 Å². The molecule has 0 N–H and O–H groups in total. The van der Waals surface area contributed by atoms with Crippen molar-refractivity contribution in [2.75, 3.05) is 0 Å². The maximum Gasteiger partial charge on any atom is 0.162 e. The van der Waals surface area contributed by atoms with Gasteiger partial charge in [-0.15, -0.1) is 0 Å². The third-order valence-electron chi connectivity index (χ3n) is 3.94. The van der Waals surface area contributed by atoms with Crippen molar-refractivity contribution in [3.05, 3.63) is 57.1 Å². The molecule has 2 aliphatic carbocycles. The van der Waals surface area contributed by atoms with Crippen LogP contribution < -0.4 is 0 Å². The number of Topliss-reactive ketones (excluding diaryl/α,β-unsaturated/α-hetero) is 1. The van der Waals surface area contributed by atoms with E-state index in [4.69, 9.17) is 23.2 Å². The Kier molecular flexibility index (Phi) is 3.51. The molecule has 3 rings (SSSR count). The molecule has 3 heteroatoms. The quantitative estimate of drug-likeness (QED) is 0.705. The lowest BCUT2D eigenvalue weighted by Gasteiger charge is -2.29. The van der Waals surface area contributed by atoms with E-state index >= 15 is 0 Å². The monoisotopic (exact) mass is 292 g/mol. The minimum atomic E-state index is 0.280. The number of allylic oxidation sites excluding steroid dienone is 4. The van der Waals surface area contributed by atoms with E-state index in [-0.39, 0.29) is 5.78 Å². The minimum Gasteiger partial charge on any atom is -0.294 e. The lowest BCUT2D eigenvalue weighted by atomic mass is 9.75. The van der Waals surface area contributed by atoms with Gasteiger partial charge in [0, 0.05) is 17.9 Å². The van der Waals surface area contributed by atoms with Crippen LogP contribution >= 0.6 is 23.2 Å². The molecule has 0 saturated heterocycles. The second kappa shape index (κ2) is 5.15. The van der Waals surface area contributed by atoms with Gasteiger partial charge in [0.2, 0.25) is 0 Å². The van der Waals surface area contributed by atoms with E-state index in [1.807, 2.05) is 24.3 Å². The smallest absolute Gasteiger partial charge is 0.162 e. The molecular formula is C16H14Cl2O. The molecule has 0 amide bonds. The van der Waals surface area contributed by atoms with E-state index in [1.54, 1.807) is 0 Å². The molecule has 98 valence electrons. The third kappa shape index (κ3) is 2.37. The topological polar surface area (TPSA) is 17.1 Å². The van der Waals surface area contributed by atoms with E-state index in [1.165, 1.54) is 11.1 Å². The highest BCUT2D eigenvalue weighted by molar-refractivity contribution is 6.42. The Bertz CT molecular complexity index is 599. The van der Waals surface area contributed by atoms with Crippen molar-refractivity contribution in [2.45, 2.75) is 31.6 Å². The van der Waals surface area contributed by atoms with Crippen LogP contribution in [0.25, 0.3) is 0 Å². The Balaban J connectivity index is 2.04. The molecule has 0 radical (unpaired) electrons.